The lowest BCUT2D eigenvalue weighted by Crippen LogP contribution is -2.33. The van der Waals surface area contributed by atoms with Gasteiger partial charge in [0.25, 0.3) is 11.1 Å². The van der Waals surface area contributed by atoms with E-state index in [0.717, 1.165) is 28.6 Å². The molecule has 1 fully saturated rings. The molecule has 0 atom stereocenters. The third-order valence-electron chi connectivity index (χ3n) is 4.08. The first-order valence-corrected chi connectivity index (χ1v) is 9.04. The summed E-state index contributed by atoms with van der Waals surface area (Å²) < 4.78 is 4.66. The van der Waals surface area contributed by atoms with Gasteiger partial charge in [-0.3, -0.25) is 14.5 Å². The highest BCUT2D eigenvalue weighted by atomic mass is 32.2. The van der Waals surface area contributed by atoms with E-state index in [4.69, 9.17) is 0 Å². The summed E-state index contributed by atoms with van der Waals surface area (Å²) in [4.78, 5) is 37.7. The number of aryl methyl sites for hydroxylation is 1. The van der Waals surface area contributed by atoms with Crippen molar-refractivity contribution >= 4 is 40.6 Å². The predicted molar refractivity (Wildman–Crippen MR) is 105 cm³/mol. The Kier molecular flexibility index (Phi) is 5.61. The standard InChI is InChI=1S/C20H18N2O4S/c1-13-5-3-4-6-16(13)21-12-22-18(23)17(27-20(22)25)11-14-7-9-15(10-8-14)19(24)26-2/h3-11,21H,12H2,1-2H3/b17-11+. The molecular weight excluding hydrogens is 364 g/mol. The Hall–Kier alpha value is -3.06. The van der Waals surface area contributed by atoms with Gasteiger partial charge in [-0.2, -0.15) is 0 Å². The first kappa shape index (κ1) is 18.7. The number of imide groups is 1. The van der Waals surface area contributed by atoms with Crippen LogP contribution in [0.15, 0.2) is 53.4 Å². The molecular formula is C20H18N2O4S. The molecule has 0 bridgehead atoms. The second kappa shape index (κ2) is 8.09. The molecule has 0 spiro atoms. The fourth-order valence-corrected chi connectivity index (χ4v) is 3.39. The molecule has 1 aliphatic rings. The Morgan fingerprint density at radius 2 is 1.85 bits per heavy atom. The quantitative estimate of drug-likeness (QED) is 0.625. The van der Waals surface area contributed by atoms with Crippen LogP contribution in [0.4, 0.5) is 10.5 Å². The zero-order valence-corrected chi connectivity index (χ0v) is 15.7. The van der Waals surface area contributed by atoms with Crippen LogP contribution in [0.3, 0.4) is 0 Å². The minimum absolute atomic E-state index is 0.105. The second-order valence-electron chi connectivity index (χ2n) is 5.87. The van der Waals surface area contributed by atoms with Crippen molar-refractivity contribution < 1.29 is 19.1 Å². The lowest BCUT2D eigenvalue weighted by atomic mass is 10.1. The Labute approximate surface area is 161 Å². The van der Waals surface area contributed by atoms with Crippen LogP contribution in [0.2, 0.25) is 0 Å². The number of anilines is 1. The molecule has 0 unspecified atom stereocenters. The molecule has 6 nitrogen and oxygen atoms in total. The Morgan fingerprint density at radius 3 is 2.52 bits per heavy atom. The van der Waals surface area contributed by atoms with Crippen molar-refractivity contribution in [3.63, 3.8) is 0 Å². The van der Waals surface area contributed by atoms with E-state index in [9.17, 15) is 14.4 Å². The highest BCUT2D eigenvalue weighted by Gasteiger charge is 2.34. The van der Waals surface area contributed by atoms with Crippen molar-refractivity contribution in [2.24, 2.45) is 0 Å². The van der Waals surface area contributed by atoms with Gasteiger partial charge in [0.05, 0.1) is 24.2 Å². The first-order chi connectivity index (χ1) is 13.0. The maximum Gasteiger partial charge on any atom is 0.337 e. The van der Waals surface area contributed by atoms with Crippen molar-refractivity contribution in [1.29, 1.82) is 0 Å². The summed E-state index contributed by atoms with van der Waals surface area (Å²) in [6, 6.07) is 14.3. The monoisotopic (exact) mass is 382 g/mol. The number of amides is 2. The van der Waals surface area contributed by atoms with Crippen LogP contribution in [0.25, 0.3) is 6.08 Å². The van der Waals surface area contributed by atoms with E-state index in [1.165, 1.54) is 12.0 Å². The lowest BCUT2D eigenvalue weighted by Gasteiger charge is -2.15. The van der Waals surface area contributed by atoms with E-state index in [-0.39, 0.29) is 17.8 Å². The fraction of sp³-hybridized carbons (Fsp3) is 0.150. The summed E-state index contributed by atoms with van der Waals surface area (Å²) in [7, 11) is 1.32. The van der Waals surface area contributed by atoms with E-state index in [0.29, 0.717) is 10.5 Å². The summed E-state index contributed by atoms with van der Waals surface area (Å²) in [5.74, 6) is -0.771. The number of methoxy groups -OCH3 is 1. The summed E-state index contributed by atoms with van der Waals surface area (Å²) >= 11 is 0.898. The summed E-state index contributed by atoms with van der Waals surface area (Å²) in [6.45, 7) is 2.06. The van der Waals surface area contributed by atoms with Gasteiger partial charge in [-0.15, -0.1) is 0 Å². The van der Waals surface area contributed by atoms with Gasteiger partial charge in [0.15, 0.2) is 0 Å². The van der Waals surface area contributed by atoms with E-state index in [2.05, 4.69) is 10.1 Å². The second-order valence-corrected chi connectivity index (χ2v) is 6.87. The molecule has 0 radical (unpaired) electrons. The molecule has 3 rings (SSSR count). The van der Waals surface area contributed by atoms with Gasteiger partial charge in [-0.25, -0.2) is 4.79 Å². The Bertz CT molecular complexity index is 922. The number of para-hydroxylation sites is 1. The minimum atomic E-state index is -0.427. The normalized spacial score (nSPS) is 15.3. The molecule has 2 aromatic carbocycles. The largest absolute Gasteiger partial charge is 0.465 e. The molecule has 0 aliphatic carbocycles. The topological polar surface area (TPSA) is 75.7 Å². The van der Waals surface area contributed by atoms with Crippen LogP contribution in [0.1, 0.15) is 21.5 Å². The number of carbonyl (C=O) groups is 3. The Balaban J connectivity index is 1.70. The predicted octanol–water partition coefficient (Wildman–Crippen LogP) is 3.89. The number of hydrogen-bond acceptors (Lipinski definition) is 6. The van der Waals surface area contributed by atoms with Crippen LogP contribution in [0.5, 0.6) is 0 Å². The third kappa shape index (κ3) is 4.20. The van der Waals surface area contributed by atoms with Crippen molar-refractivity contribution in [2.75, 3.05) is 19.1 Å². The molecule has 27 heavy (non-hydrogen) atoms. The van der Waals surface area contributed by atoms with Gasteiger partial charge < -0.3 is 10.1 Å². The number of rotatable bonds is 5. The number of benzene rings is 2. The SMILES string of the molecule is COC(=O)c1ccc(/C=C2/SC(=O)N(CNc3ccccc3C)C2=O)cc1. The van der Waals surface area contributed by atoms with Crippen molar-refractivity contribution in [2.45, 2.75) is 6.92 Å². The van der Waals surface area contributed by atoms with Gasteiger partial charge in [0.2, 0.25) is 0 Å². The summed E-state index contributed by atoms with van der Waals surface area (Å²) in [6.07, 6.45) is 1.64. The van der Waals surface area contributed by atoms with E-state index in [1.807, 2.05) is 31.2 Å². The van der Waals surface area contributed by atoms with Gasteiger partial charge in [0, 0.05) is 5.69 Å². The van der Waals surface area contributed by atoms with Gasteiger partial charge in [-0.1, -0.05) is 30.3 Å². The van der Waals surface area contributed by atoms with Gasteiger partial charge in [-0.05, 0) is 54.1 Å². The molecule has 1 N–H and O–H groups in total. The lowest BCUT2D eigenvalue weighted by molar-refractivity contribution is -0.122. The molecule has 138 valence electrons. The summed E-state index contributed by atoms with van der Waals surface area (Å²) in [5, 5.41) is 2.80. The molecule has 2 amide bonds. The number of hydrogen-bond donors (Lipinski definition) is 1. The zero-order chi connectivity index (χ0) is 19.4. The number of nitrogens with one attached hydrogen (secondary N) is 1. The molecule has 1 saturated heterocycles. The summed E-state index contributed by atoms with van der Waals surface area (Å²) in [5.41, 5.74) is 3.05. The van der Waals surface area contributed by atoms with Gasteiger partial charge >= 0.3 is 5.97 Å². The third-order valence-corrected chi connectivity index (χ3v) is 4.98. The van der Waals surface area contributed by atoms with Crippen LogP contribution in [0, 0.1) is 6.92 Å². The highest BCUT2D eigenvalue weighted by molar-refractivity contribution is 8.18. The van der Waals surface area contributed by atoms with Crippen LogP contribution >= 0.6 is 11.8 Å². The molecule has 1 aliphatic heterocycles. The van der Waals surface area contributed by atoms with Gasteiger partial charge in [0.1, 0.15) is 0 Å². The number of esters is 1. The van der Waals surface area contributed by atoms with Crippen LogP contribution < -0.4 is 5.32 Å². The number of ether oxygens (including phenoxy) is 1. The van der Waals surface area contributed by atoms with E-state index in [1.54, 1.807) is 30.3 Å². The molecule has 0 saturated carbocycles. The minimum Gasteiger partial charge on any atom is -0.465 e. The Morgan fingerprint density at radius 1 is 1.15 bits per heavy atom. The smallest absolute Gasteiger partial charge is 0.337 e. The molecule has 0 aromatic heterocycles. The van der Waals surface area contributed by atoms with E-state index >= 15 is 0 Å². The highest BCUT2D eigenvalue weighted by Crippen LogP contribution is 2.32. The number of thioether (sulfide) groups is 1. The fourth-order valence-electron chi connectivity index (χ4n) is 2.56. The average molecular weight is 382 g/mol. The number of carbonyl (C=O) groups excluding carboxylic acids is 3. The van der Waals surface area contributed by atoms with Crippen molar-refractivity contribution in [3.05, 3.63) is 70.1 Å². The average Bonchev–Trinajstić information content (AvgIpc) is 2.94. The van der Waals surface area contributed by atoms with Crippen LogP contribution in [-0.4, -0.2) is 35.8 Å². The maximum absolute atomic E-state index is 12.5. The molecule has 2 aromatic rings. The van der Waals surface area contributed by atoms with Crippen molar-refractivity contribution in [1.82, 2.24) is 4.90 Å². The molecule has 1 heterocycles. The van der Waals surface area contributed by atoms with Crippen LogP contribution in [-0.2, 0) is 9.53 Å². The zero-order valence-electron chi connectivity index (χ0n) is 14.9. The number of nitrogens with zero attached hydrogens (tertiary/aromatic N) is 1. The van der Waals surface area contributed by atoms with Crippen molar-refractivity contribution in [3.8, 4) is 0 Å². The maximum atomic E-state index is 12.5. The van der Waals surface area contributed by atoms with E-state index < -0.39 is 5.97 Å². The molecule has 7 heteroatoms. The first-order valence-electron chi connectivity index (χ1n) is 8.23.